The van der Waals surface area contributed by atoms with Gasteiger partial charge in [0.2, 0.25) is 5.91 Å². The first-order valence-electron chi connectivity index (χ1n) is 8.50. The fourth-order valence-electron chi connectivity index (χ4n) is 3.11. The van der Waals surface area contributed by atoms with Gasteiger partial charge in [0.05, 0.1) is 13.7 Å². The Hall–Kier alpha value is -2.53. The summed E-state index contributed by atoms with van der Waals surface area (Å²) in [5.41, 5.74) is 2.90. The Balaban J connectivity index is 1.60. The number of benzene rings is 2. The van der Waals surface area contributed by atoms with E-state index in [0.29, 0.717) is 6.54 Å². The van der Waals surface area contributed by atoms with Crippen molar-refractivity contribution in [3.05, 3.63) is 54.1 Å². The van der Waals surface area contributed by atoms with Gasteiger partial charge in [-0.2, -0.15) is 0 Å². The Morgan fingerprint density at radius 1 is 1.24 bits per heavy atom. The van der Waals surface area contributed by atoms with Crippen LogP contribution in [0.5, 0.6) is 5.75 Å². The fourth-order valence-corrected chi connectivity index (χ4v) is 3.11. The lowest BCUT2D eigenvalue weighted by Crippen LogP contribution is -2.21. The highest BCUT2D eigenvalue weighted by molar-refractivity contribution is 5.95. The predicted octanol–water partition coefficient (Wildman–Crippen LogP) is 2.87. The number of hydrogen-bond acceptors (Lipinski definition) is 4. The average molecular weight is 340 g/mol. The van der Waals surface area contributed by atoms with Crippen LogP contribution in [0, 0.1) is 5.92 Å². The zero-order valence-electron chi connectivity index (χ0n) is 14.6. The highest BCUT2D eigenvalue weighted by Gasteiger charge is 2.45. The molecule has 3 rings (SSSR count). The number of aliphatic hydroxyl groups excluding tert-OH is 1. The number of hydrogen-bond donors (Lipinski definition) is 2. The van der Waals surface area contributed by atoms with Gasteiger partial charge in [0.25, 0.3) is 0 Å². The summed E-state index contributed by atoms with van der Waals surface area (Å²) < 4.78 is 5.39. The zero-order valence-corrected chi connectivity index (χ0v) is 14.6. The molecular weight excluding hydrogens is 316 g/mol. The van der Waals surface area contributed by atoms with Crippen molar-refractivity contribution in [1.82, 2.24) is 0 Å². The molecule has 132 valence electrons. The summed E-state index contributed by atoms with van der Waals surface area (Å²) >= 11 is 0. The summed E-state index contributed by atoms with van der Waals surface area (Å²) in [5, 5.41) is 12.0. The summed E-state index contributed by atoms with van der Waals surface area (Å²) in [4.78, 5) is 14.4. The number of para-hydroxylation sites is 1. The second-order valence-corrected chi connectivity index (χ2v) is 6.37. The summed E-state index contributed by atoms with van der Waals surface area (Å²) in [6.45, 7) is 0.690. The number of nitrogens with zero attached hydrogens (tertiary/aromatic N) is 1. The van der Waals surface area contributed by atoms with E-state index in [1.54, 1.807) is 7.11 Å². The van der Waals surface area contributed by atoms with Gasteiger partial charge in [0.15, 0.2) is 0 Å². The highest BCUT2D eigenvalue weighted by Crippen LogP contribution is 2.50. The maximum Gasteiger partial charge on any atom is 0.228 e. The number of rotatable bonds is 7. The van der Waals surface area contributed by atoms with Crippen molar-refractivity contribution in [3.63, 3.8) is 0 Å². The van der Waals surface area contributed by atoms with Crippen LogP contribution in [0.25, 0.3) is 0 Å². The molecule has 1 aliphatic rings. The fraction of sp³-hybridized carbons (Fsp3) is 0.350. The minimum Gasteiger partial charge on any atom is -0.496 e. The molecule has 1 aliphatic carbocycles. The van der Waals surface area contributed by atoms with Crippen LogP contribution in [0.4, 0.5) is 11.4 Å². The Morgan fingerprint density at radius 2 is 1.96 bits per heavy atom. The van der Waals surface area contributed by atoms with E-state index in [2.05, 4.69) is 5.32 Å². The van der Waals surface area contributed by atoms with Crippen LogP contribution in [-0.4, -0.2) is 38.3 Å². The smallest absolute Gasteiger partial charge is 0.228 e. The van der Waals surface area contributed by atoms with Crippen LogP contribution in [-0.2, 0) is 4.79 Å². The summed E-state index contributed by atoms with van der Waals surface area (Å²) in [6.07, 6.45) is 0.851. The maximum atomic E-state index is 12.5. The normalized spacial score (nSPS) is 18.5. The number of carbonyl (C=O) groups is 1. The molecule has 0 bridgehead atoms. The quantitative estimate of drug-likeness (QED) is 0.814. The standard InChI is InChI=1S/C20H24N2O3/c1-22(11-12-23)15-9-7-14(8-10-15)21-20(24)18-13-17(18)16-5-3-4-6-19(16)25-2/h3-10,17-18,23H,11-13H2,1-2H3,(H,21,24). The van der Waals surface area contributed by atoms with Crippen LogP contribution < -0.4 is 15.0 Å². The second-order valence-electron chi connectivity index (χ2n) is 6.37. The molecule has 1 fully saturated rings. The SMILES string of the molecule is COc1ccccc1C1CC1C(=O)Nc1ccc(N(C)CCO)cc1. The number of nitrogens with one attached hydrogen (secondary N) is 1. The van der Waals surface area contributed by atoms with Crippen LogP contribution in [0.1, 0.15) is 17.9 Å². The predicted molar refractivity (Wildman–Crippen MR) is 99.3 cm³/mol. The van der Waals surface area contributed by atoms with Crippen molar-refractivity contribution < 1.29 is 14.6 Å². The minimum absolute atomic E-state index is 0.00645. The third-order valence-corrected chi connectivity index (χ3v) is 4.68. The molecule has 2 unspecified atom stereocenters. The van der Waals surface area contributed by atoms with Gasteiger partial charge in [-0.05, 0) is 48.2 Å². The lowest BCUT2D eigenvalue weighted by molar-refractivity contribution is -0.117. The van der Waals surface area contributed by atoms with Gasteiger partial charge in [-0.1, -0.05) is 18.2 Å². The van der Waals surface area contributed by atoms with E-state index < -0.39 is 0 Å². The number of aliphatic hydroxyl groups is 1. The first kappa shape index (κ1) is 17.3. The molecule has 25 heavy (non-hydrogen) atoms. The Bertz CT molecular complexity index is 730. The van der Waals surface area contributed by atoms with Crippen LogP contribution in [0.15, 0.2) is 48.5 Å². The first-order chi connectivity index (χ1) is 12.1. The molecule has 2 atom stereocenters. The largest absolute Gasteiger partial charge is 0.496 e. The second kappa shape index (κ2) is 7.57. The van der Waals surface area contributed by atoms with Gasteiger partial charge >= 0.3 is 0 Å². The number of methoxy groups -OCH3 is 1. The Morgan fingerprint density at radius 3 is 2.64 bits per heavy atom. The van der Waals surface area contributed by atoms with E-state index in [9.17, 15) is 4.79 Å². The lowest BCUT2D eigenvalue weighted by Gasteiger charge is -2.18. The maximum absolute atomic E-state index is 12.5. The van der Waals surface area contributed by atoms with Gasteiger partial charge in [-0.25, -0.2) is 0 Å². The molecule has 2 aromatic carbocycles. The van der Waals surface area contributed by atoms with Crippen molar-refractivity contribution in [2.24, 2.45) is 5.92 Å². The summed E-state index contributed by atoms with van der Waals surface area (Å²) in [6, 6.07) is 15.5. The molecule has 0 aliphatic heterocycles. The molecule has 1 saturated carbocycles. The number of carbonyl (C=O) groups excluding carboxylic acids is 1. The topological polar surface area (TPSA) is 61.8 Å². The molecule has 2 aromatic rings. The number of amides is 1. The number of ether oxygens (including phenoxy) is 1. The Kier molecular flexibility index (Phi) is 5.24. The molecule has 5 nitrogen and oxygen atoms in total. The molecule has 0 spiro atoms. The van der Waals surface area contributed by atoms with E-state index in [-0.39, 0.29) is 24.3 Å². The van der Waals surface area contributed by atoms with E-state index in [1.807, 2.05) is 60.5 Å². The van der Waals surface area contributed by atoms with E-state index in [1.165, 1.54) is 0 Å². The van der Waals surface area contributed by atoms with E-state index in [0.717, 1.165) is 29.1 Å². The van der Waals surface area contributed by atoms with Crippen molar-refractivity contribution in [3.8, 4) is 5.75 Å². The first-order valence-corrected chi connectivity index (χ1v) is 8.50. The van der Waals surface area contributed by atoms with Gasteiger partial charge in [-0.15, -0.1) is 0 Å². The van der Waals surface area contributed by atoms with Gasteiger partial charge in [0.1, 0.15) is 5.75 Å². The minimum atomic E-state index is -0.00645. The average Bonchev–Trinajstić information content (AvgIpc) is 3.43. The molecule has 1 amide bonds. The van der Waals surface area contributed by atoms with Gasteiger partial charge in [0, 0.05) is 30.9 Å². The molecule has 0 heterocycles. The number of likely N-dealkylation sites (N-methyl/N-ethyl adjacent to an activating group) is 1. The van der Waals surface area contributed by atoms with Crippen molar-refractivity contribution in [2.45, 2.75) is 12.3 Å². The lowest BCUT2D eigenvalue weighted by atomic mass is 10.1. The number of anilines is 2. The van der Waals surface area contributed by atoms with E-state index >= 15 is 0 Å². The Labute approximate surface area is 148 Å². The molecule has 0 aromatic heterocycles. The molecular formula is C20H24N2O3. The molecule has 2 N–H and O–H groups in total. The molecule has 0 radical (unpaired) electrons. The van der Waals surface area contributed by atoms with Crippen molar-refractivity contribution >= 4 is 17.3 Å². The third-order valence-electron chi connectivity index (χ3n) is 4.68. The zero-order chi connectivity index (χ0) is 17.8. The third kappa shape index (κ3) is 3.94. The van der Waals surface area contributed by atoms with Crippen molar-refractivity contribution in [1.29, 1.82) is 0 Å². The van der Waals surface area contributed by atoms with Crippen molar-refractivity contribution in [2.75, 3.05) is 37.5 Å². The van der Waals surface area contributed by atoms with Gasteiger partial charge < -0.3 is 20.1 Å². The monoisotopic (exact) mass is 340 g/mol. The van der Waals surface area contributed by atoms with Crippen LogP contribution in [0.3, 0.4) is 0 Å². The summed E-state index contributed by atoms with van der Waals surface area (Å²) in [5.74, 6) is 1.12. The summed E-state index contributed by atoms with van der Waals surface area (Å²) in [7, 11) is 3.58. The van der Waals surface area contributed by atoms with Crippen LogP contribution >= 0.6 is 0 Å². The molecule has 5 heteroatoms. The van der Waals surface area contributed by atoms with Crippen LogP contribution in [0.2, 0.25) is 0 Å². The molecule has 0 saturated heterocycles. The van der Waals surface area contributed by atoms with Gasteiger partial charge in [-0.3, -0.25) is 4.79 Å². The highest BCUT2D eigenvalue weighted by atomic mass is 16.5. The van der Waals surface area contributed by atoms with E-state index in [4.69, 9.17) is 9.84 Å².